The van der Waals surface area contributed by atoms with Gasteiger partial charge in [0, 0.05) is 14.2 Å². The summed E-state index contributed by atoms with van der Waals surface area (Å²) in [5.74, 6) is 0. The Kier molecular flexibility index (Phi) is 4.27. The van der Waals surface area contributed by atoms with Gasteiger partial charge in [-0.25, -0.2) is 4.39 Å². The SMILES string of the molecule is CO[SiH](CF)OC. The quantitative estimate of drug-likeness (QED) is 0.493. The van der Waals surface area contributed by atoms with Crippen LogP contribution >= 0.6 is 0 Å². The number of hydrogen-bond donors (Lipinski definition) is 0. The lowest BCUT2D eigenvalue weighted by molar-refractivity contribution is 0.262. The molecule has 0 aromatic heterocycles. The molecule has 0 atom stereocenters. The molecule has 0 unspecified atom stereocenters. The summed E-state index contributed by atoms with van der Waals surface area (Å²) in [4.78, 5) is 0. The van der Waals surface area contributed by atoms with Gasteiger partial charge in [0.25, 0.3) is 0 Å². The van der Waals surface area contributed by atoms with Crippen molar-refractivity contribution in [3.63, 3.8) is 0 Å². The van der Waals surface area contributed by atoms with Crippen molar-refractivity contribution >= 4 is 9.28 Å². The van der Waals surface area contributed by atoms with E-state index >= 15 is 0 Å². The minimum absolute atomic E-state index is 0.451. The Balaban J connectivity index is 2.99. The number of alkyl halides is 1. The molecule has 0 aromatic rings. The first-order chi connectivity index (χ1) is 3.35. The maximum Gasteiger partial charge on any atom is 0.353 e. The van der Waals surface area contributed by atoms with Gasteiger partial charge >= 0.3 is 9.28 Å². The molecule has 7 heavy (non-hydrogen) atoms. The molecule has 0 aromatic carbocycles. The standard InChI is InChI=1S/C3H9FO2Si/c1-5-7(3-4)6-2/h7H,3H2,1-2H3. The molecular formula is C3H9FO2Si. The smallest absolute Gasteiger partial charge is 0.353 e. The zero-order valence-electron chi connectivity index (χ0n) is 4.48. The van der Waals surface area contributed by atoms with Crippen LogP contribution in [0.5, 0.6) is 0 Å². The molecule has 0 N–H and O–H groups in total. The molecule has 0 rings (SSSR count). The Hall–Kier alpha value is 0.0669. The minimum Gasteiger partial charge on any atom is -0.398 e. The van der Waals surface area contributed by atoms with E-state index in [0.29, 0.717) is 0 Å². The van der Waals surface area contributed by atoms with Gasteiger partial charge in [-0.3, -0.25) is 0 Å². The van der Waals surface area contributed by atoms with Crippen LogP contribution in [-0.4, -0.2) is 29.8 Å². The molecule has 0 saturated heterocycles. The van der Waals surface area contributed by atoms with E-state index in [1.54, 1.807) is 0 Å². The minimum atomic E-state index is -1.84. The predicted molar refractivity (Wildman–Crippen MR) is 27.1 cm³/mol. The van der Waals surface area contributed by atoms with Gasteiger partial charge in [0.15, 0.2) is 0 Å². The van der Waals surface area contributed by atoms with E-state index in [0.717, 1.165) is 0 Å². The second-order valence-electron chi connectivity index (χ2n) is 1.06. The molecule has 0 saturated carbocycles. The Bertz CT molecular complexity index is 34.4. The molecule has 0 fully saturated rings. The fraction of sp³-hybridized carbons (Fsp3) is 1.00. The van der Waals surface area contributed by atoms with E-state index in [1.807, 2.05) is 0 Å². The van der Waals surface area contributed by atoms with Crippen molar-refractivity contribution in [3.05, 3.63) is 0 Å². The molecule has 2 nitrogen and oxygen atoms in total. The van der Waals surface area contributed by atoms with E-state index in [-0.39, 0.29) is 0 Å². The van der Waals surface area contributed by atoms with Crippen LogP contribution < -0.4 is 0 Å². The largest absolute Gasteiger partial charge is 0.398 e. The summed E-state index contributed by atoms with van der Waals surface area (Å²) in [7, 11) is 1.08. The molecule has 0 heterocycles. The number of halogens is 1. The highest BCUT2D eigenvalue weighted by Gasteiger charge is 2.05. The van der Waals surface area contributed by atoms with Gasteiger partial charge in [0.2, 0.25) is 0 Å². The number of hydrogen-bond acceptors (Lipinski definition) is 2. The van der Waals surface area contributed by atoms with Gasteiger partial charge in [0.05, 0.1) is 0 Å². The van der Waals surface area contributed by atoms with Crippen molar-refractivity contribution in [2.24, 2.45) is 0 Å². The first-order valence-electron chi connectivity index (χ1n) is 1.96. The highest BCUT2D eigenvalue weighted by Crippen LogP contribution is 1.82. The molecule has 4 heteroatoms. The molecule has 0 aliphatic carbocycles. The van der Waals surface area contributed by atoms with Crippen molar-refractivity contribution in [1.29, 1.82) is 0 Å². The third-order valence-electron chi connectivity index (χ3n) is 0.652. The van der Waals surface area contributed by atoms with E-state index in [2.05, 4.69) is 8.85 Å². The lowest BCUT2D eigenvalue weighted by atomic mass is 11.8. The van der Waals surface area contributed by atoms with Gasteiger partial charge in [-0.1, -0.05) is 0 Å². The number of rotatable bonds is 3. The zero-order valence-corrected chi connectivity index (χ0v) is 5.63. The summed E-state index contributed by atoms with van der Waals surface area (Å²) in [5, 5.41) is 0. The van der Waals surface area contributed by atoms with Crippen LogP contribution in [0.1, 0.15) is 0 Å². The average Bonchev–Trinajstić information content (AvgIpc) is 1.72. The Morgan fingerprint density at radius 3 is 1.86 bits per heavy atom. The fourth-order valence-electron chi connectivity index (χ4n) is 0.222. The maximum absolute atomic E-state index is 11.5. The van der Waals surface area contributed by atoms with Crippen LogP contribution in [0.4, 0.5) is 4.39 Å². The maximum atomic E-state index is 11.5. The van der Waals surface area contributed by atoms with Crippen LogP contribution in [0.25, 0.3) is 0 Å². The zero-order chi connectivity index (χ0) is 5.70. The summed E-state index contributed by atoms with van der Waals surface area (Å²) in [6.07, 6.45) is -0.451. The highest BCUT2D eigenvalue weighted by atomic mass is 28.3. The molecule has 0 spiro atoms. The summed E-state index contributed by atoms with van der Waals surface area (Å²) in [6, 6.07) is 0. The van der Waals surface area contributed by atoms with Gasteiger partial charge < -0.3 is 8.85 Å². The van der Waals surface area contributed by atoms with Gasteiger partial charge in [0.1, 0.15) is 6.30 Å². The van der Waals surface area contributed by atoms with Crippen molar-refractivity contribution in [1.82, 2.24) is 0 Å². The third-order valence-corrected chi connectivity index (χ3v) is 1.96. The predicted octanol–water partition coefficient (Wildman–Crippen LogP) is 0.00840. The molecule has 0 bridgehead atoms. The molecular weight excluding hydrogens is 115 g/mol. The Labute approximate surface area is 44.1 Å². The topological polar surface area (TPSA) is 18.5 Å². The van der Waals surface area contributed by atoms with Gasteiger partial charge in [-0.2, -0.15) is 0 Å². The van der Waals surface area contributed by atoms with Gasteiger partial charge in [-0.15, -0.1) is 0 Å². The van der Waals surface area contributed by atoms with Crippen molar-refractivity contribution in [2.45, 2.75) is 0 Å². The van der Waals surface area contributed by atoms with E-state index in [9.17, 15) is 4.39 Å². The van der Waals surface area contributed by atoms with E-state index in [1.165, 1.54) is 14.2 Å². The molecule has 44 valence electrons. The Morgan fingerprint density at radius 1 is 1.43 bits per heavy atom. The summed E-state index contributed by atoms with van der Waals surface area (Å²) >= 11 is 0. The van der Waals surface area contributed by atoms with Crippen molar-refractivity contribution in [3.8, 4) is 0 Å². The summed E-state index contributed by atoms with van der Waals surface area (Å²) in [6.45, 7) is 0. The molecule has 0 amide bonds. The fourth-order valence-corrected chi connectivity index (χ4v) is 0.667. The van der Waals surface area contributed by atoms with Crippen LogP contribution in [0.2, 0.25) is 0 Å². The monoisotopic (exact) mass is 124 g/mol. The first kappa shape index (κ1) is 7.07. The second-order valence-corrected chi connectivity index (χ2v) is 3.17. The van der Waals surface area contributed by atoms with E-state index in [4.69, 9.17) is 0 Å². The summed E-state index contributed by atoms with van der Waals surface area (Å²) < 4.78 is 20.7. The van der Waals surface area contributed by atoms with Crippen LogP contribution in [0.15, 0.2) is 0 Å². The third kappa shape index (κ3) is 2.73. The lowest BCUT2D eigenvalue weighted by Gasteiger charge is -2.03. The second kappa shape index (κ2) is 4.23. The average molecular weight is 124 g/mol. The molecule has 0 aliphatic heterocycles. The lowest BCUT2D eigenvalue weighted by Crippen LogP contribution is -2.21. The first-order valence-corrected chi connectivity index (χ1v) is 3.72. The normalized spacial score (nSPS) is 10.3. The van der Waals surface area contributed by atoms with E-state index < -0.39 is 15.6 Å². The molecule has 0 radical (unpaired) electrons. The van der Waals surface area contributed by atoms with Crippen LogP contribution in [0.3, 0.4) is 0 Å². The van der Waals surface area contributed by atoms with Crippen molar-refractivity contribution < 1.29 is 13.2 Å². The van der Waals surface area contributed by atoms with Crippen LogP contribution in [-0.2, 0) is 8.85 Å². The van der Waals surface area contributed by atoms with Crippen LogP contribution in [0, 0.1) is 0 Å². The van der Waals surface area contributed by atoms with Crippen molar-refractivity contribution in [2.75, 3.05) is 20.5 Å². The Morgan fingerprint density at radius 2 is 1.86 bits per heavy atom. The summed E-state index contributed by atoms with van der Waals surface area (Å²) in [5.41, 5.74) is 0. The molecule has 0 aliphatic rings. The highest BCUT2D eigenvalue weighted by molar-refractivity contribution is 6.43. The van der Waals surface area contributed by atoms with Gasteiger partial charge in [-0.05, 0) is 0 Å².